The van der Waals surface area contributed by atoms with E-state index in [9.17, 15) is 14.0 Å². The molecule has 0 saturated carbocycles. The van der Waals surface area contributed by atoms with E-state index in [0.29, 0.717) is 16.8 Å². The Kier molecular flexibility index (Phi) is 6.37. The topological polar surface area (TPSA) is 51.1 Å². The predicted octanol–water partition coefficient (Wildman–Crippen LogP) is 4.63. The van der Waals surface area contributed by atoms with Crippen molar-refractivity contribution in [3.63, 3.8) is 0 Å². The van der Waals surface area contributed by atoms with Crippen molar-refractivity contribution in [2.24, 2.45) is 0 Å². The van der Waals surface area contributed by atoms with Gasteiger partial charge in [-0.15, -0.1) is 0 Å². The lowest BCUT2D eigenvalue weighted by Gasteiger charge is -2.10. The van der Waals surface area contributed by atoms with Gasteiger partial charge in [-0.3, -0.25) is 9.59 Å². The van der Waals surface area contributed by atoms with E-state index in [2.05, 4.69) is 12.2 Å². The van der Waals surface area contributed by atoms with Gasteiger partial charge in [-0.05, 0) is 42.7 Å². The summed E-state index contributed by atoms with van der Waals surface area (Å²) in [5.74, 6) is -0.698. The van der Waals surface area contributed by atoms with Crippen molar-refractivity contribution in [1.29, 1.82) is 0 Å². The van der Waals surface area contributed by atoms with E-state index in [-0.39, 0.29) is 23.8 Å². The van der Waals surface area contributed by atoms with E-state index in [1.165, 1.54) is 34.5 Å². The molecule has 0 atom stereocenters. The Morgan fingerprint density at radius 2 is 1.79 bits per heavy atom. The van der Waals surface area contributed by atoms with E-state index < -0.39 is 0 Å². The second-order valence-electron chi connectivity index (χ2n) is 6.73. The molecule has 2 aromatic carbocycles. The summed E-state index contributed by atoms with van der Waals surface area (Å²) >= 11 is 0. The van der Waals surface area contributed by atoms with Crippen LogP contribution >= 0.6 is 0 Å². The van der Waals surface area contributed by atoms with Gasteiger partial charge in [-0.1, -0.05) is 43.7 Å². The Morgan fingerprint density at radius 1 is 1.04 bits per heavy atom. The van der Waals surface area contributed by atoms with Gasteiger partial charge in [0, 0.05) is 23.5 Å². The van der Waals surface area contributed by atoms with Crippen molar-refractivity contribution >= 4 is 11.6 Å². The maximum atomic E-state index is 13.9. The molecule has 0 bridgehead atoms. The van der Waals surface area contributed by atoms with Gasteiger partial charge >= 0.3 is 0 Å². The molecule has 0 aliphatic rings. The average molecular weight is 378 g/mol. The first-order valence-electron chi connectivity index (χ1n) is 9.41. The zero-order chi connectivity index (χ0) is 19.9. The molecule has 4 nitrogen and oxygen atoms in total. The minimum absolute atomic E-state index is 0.0682. The smallest absolute Gasteiger partial charge is 0.257 e. The van der Waals surface area contributed by atoms with Crippen LogP contribution in [-0.4, -0.2) is 10.5 Å². The summed E-state index contributed by atoms with van der Waals surface area (Å²) in [5.41, 5.74) is 2.37. The molecule has 3 aromatic rings. The zero-order valence-corrected chi connectivity index (χ0v) is 15.8. The van der Waals surface area contributed by atoms with Gasteiger partial charge in [0.25, 0.3) is 11.5 Å². The zero-order valence-electron chi connectivity index (χ0n) is 15.8. The highest BCUT2D eigenvalue weighted by atomic mass is 19.1. The number of aryl methyl sites for hydroxylation is 1. The third kappa shape index (κ3) is 4.94. The number of benzene rings is 2. The van der Waals surface area contributed by atoms with E-state index in [1.54, 1.807) is 18.2 Å². The van der Waals surface area contributed by atoms with Crippen LogP contribution in [0.2, 0.25) is 0 Å². The Morgan fingerprint density at radius 3 is 2.50 bits per heavy atom. The maximum Gasteiger partial charge on any atom is 0.257 e. The number of hydrogen-bond donors (Lipinski definition) is 1. The van der Waals surface area contributed by atoms with Gasteiger partial charge in [0.2, 0.25) is 0 Å². The van der Waals surface area contributed by atoms with Gasteiger partial charge in [0.05, 0.1) is 12.1 Å². The van der Waals surface area contributed by atoms with Crippen molar-refractivity contribution in [1.82, 2.24) is 4.57 Å². The predicted molar refractivity (Wildman–Crippen MR) is 109 cm³/mol. The van der Waals surface area contributed by atoms with Crippen molar-refractivity contribution in [3.8, 4) is 0 Å². The first-order valence-corrected chi connectivity index (χ1v) is 9.41. The van der Waals surface area contributed by atoms with Crippen LogP contribution in [0.3, 0.4) is 0 Å². The Bertz CT molecular complexity index is 1010. The fourth-order valence-electron chi connectivity index (χ4n) is 2.94. The molecule has 1 heterocycles. The number of rotatable bonds is 7. The highest BCUT2D eigenvalue weighted by molar-refractivity contribution is 6.04. The normalized spacial score (nSPS) is 10.6. The molecule has 1 N–H and O–H groups in total. The fourth-order valence-corrected chi connectivity index (χ4v) is 2.94. The summed E-state index contributed by atoms with van der Waals surface area (Å²) in [4.78, 5) is 24.7. The number of carbonyl (C=O) groups is 1. The van der Waals surface area contributed by atoms with Crippen molar-refractivity contribution in [2.45, 2.75) is 32.7 Å². The number of hydrogen-bond acceptors (Lipinski definition) is 2. The second-order valence-corrected chi connectivity index (χ2v) is 6.73. The number of amides is 1. The Labute approximate surface area is 163 Å². The van der Waals surface area contributed by atoms with Crippen LogP contribution in [0, 0.1) is 5.82 Å². The van der Waals surface area contributed by atoms with E-state index in [4.69, 9.17) is 0 Å². The van der Waals surface area contributed by atoms with Crippen LogP contribution in [0.5, 0.6) is 0 Å². The summed E-state index contributed by atoms with van der Waals surface area (Å²) in [6.45, 7) is 2.22. The van der Waals surface area contributed by atoms with Crippen LogP contribution in [0.4, 0.5) is 10.1 Å². The van der Waals surface area contributed by atoms with Gasteiger partial charge in [0.1, 0.15) is 5.82 Å². The minimum atomic E-state index is -0.382. The summed E-state index contributed by atoms with van der Waals surface area (Å²) in [6.07, 6.45) is 4.75. The molecule has 0 spiro atoms. The van der Waals surface area contributed by atoms with Crippen molar-refractivity contribution in [3.05, 3.63) is 99.7 Å². The number of nitrogens with one attached hydrogen (secondary N) is 1. The number of aromatic nitrogens is 1. The molecule has 5 heteroatoms. The van der Waals surface area contributed by atoms with E-state index in [0.717, 1.165) is 19.3 Å². The standard InChI is InChI=1S/C23H23FN2O2/c1-2-3-6-17-9-12-20(13-10-17)25-23(28)19-11-14-22(27)26(16-19)15-18-7-4-5-8-21(18)24/h4-5,7-14,16H,2-3,6,15H2,1H3,(H,25,28). The first kappa shape index (κ1) is 19.5. The largest absolute Gasteiger partial charge is 0.322 e. The van der Waals surface area contributed by atoms with Crippen molar-refractivity contribution < 1.29 is 9.18 Å². The number of nitrogens with zero attached hydrogens (tertiary/aromatic N) is 1. The van der Waals surface area contributed by atoms with Gasteiger partial charge in [-0.25, -0.2) is 4.39 Å². The third-order valence-corrected chi connectivity index (χ3v) is 4.57. The van der Waals surface area contributed by atoms with Crippen LogP contribution in [0.25, 0.3) is 0 Å². The average Bonchev–Trinajstić information content (AvgIpc) is 2.70. The molecule has 0 aliphatic carbocycles. The van der Waals surface area contributed by atoms with Gasteiger partial charge in [0.15, 0.2) is 0 Å². The highest BCUT2D eigenvalue weighted by Gasteiger charge is 2.10. The van der Waals surface area contributed by atoms with Crippen molar-refractivity contribution in [2.75, 3.05) is 5.32 Å². The lowest BCUT2D eigenvalue weighted by molar-refractivity contribution is 0.102. The van der Waals surface area contributed by atoms with Crippen LogP contribution in [0.1, 0.15) is 41.3 Å². The van der Waals surface area contributed by atoms with E-state index in [1.807, 2.05) is 24.3 Å². The molecule has 0 fully saturated rings. The molecule has 0 saturated heterocycles. The number of unbranched alkanes of at least 4 members (excludes halogenated alkanes) is 1. The van der Waals surface area contributed by atoms with E-state index >= 15 is 0 Å². The summed E-state index contributed by atoms with van der Waals surface area (Å²) in [5, 5.41) is 2.84. The molecular formula is C23H23FN2O2. The maximum absolute atomic E-state index is 13.9. The first-order chi connectivity index (χ1) is 13.6. The number of carbonyl (C=O) groups excluding carboxylic acids is 1. The Balaban J connectivity index is 1.73. The molecule has 0 aliphatic heterocycles. The van der Waals surface area contributed by atoms with Gasteiger partial charge in [-0.2, -0.15) is 0 Å². The van der Waals surface area contributed by atoms with Crippen LogP contribution < -0.4 is 10.9 Å². The number of pyridine rings is 1. The molecule has 28 heavy (non-hydrogen) atoms. The Hall–Kier alpha value is -3.21. The molecule has 144 valence electrons. The highest BCUT2D eigenvalue weighted by Crippen LogP contribution is 2.13. The molecule has 1 amide bonds. The summed E-state index contributed by atoms with van der Waals surface area (Å²) < 4.78 is 15.2. The SMILES string of the molecule is CCCCc1ccc(NC(=O)c2ccc(=O)n(Cc3ccccc3F)c2)cc1. The minimum Gasteiger partial charge on any atom is -0.322 e. The van der Waals surface area contributed by atoms with Crippen LogP contribution in [0.15, 0.2) is 71.7 Å². The quantitative estimate of drug-likeness (QED) is 0.652. The molecule has 0 radical (unpaired) electrons. The number of halogens is 1. The molecule has 3 rings (SSSR count). The lowest BCUT2D eigenvalue weighted by Crippen LogP contribution is -2.23. The summed E-state index contributed by atoms with van der Waals surface area (Å²) in [7, 11) is 0. The van der Waals surface area contributed by atoms with Gasteiger partial charge < -0.3 is 9.88 Å². The summed E-state index contributed by atoms with van der Waals surface area (Å²) in [6, 6.07) is 16.8. The number of anilines is 1. The molecule has 0 unspecified atom stereocenters. The third-order valence-electron chi connectivity index (χ3n) is 4.57. The fraction of sp³-hybridized carbons (Fsp3) is 0.217. The molecular weight excluding hydrogens is 355 g/mol. The monoisotopic (exact) mass is 378 g/mol. The molecule has 1 aromatic heterocycles. The lowest BCUT2D eigenvalue weighted by atomic mass is 10.1. The van der Waals surface area contributed by atoms with Crippen LogP contribution in [-0.2, 0) is 13.0 Å². The second kappa shape index (κ2) is 9.13.